The molecule has 4 aromatic carbocycles. The van der Waals surface area contributed by atoms with Gasteiger partial charge < -0.3 is 20.4 Å². The molecule has 0 saturated heterocycles. The third-order valence-electron chi connectivity index (χ3n) is 7.90. The monoisotopic (exact) mass is 744 g/mol. The van der Waals surface area contributed by atoms with Crippen LogP contribution in [0.25, 0.3) is 22.7 Å². The number of rotatable bonds is 4. The predicted octanol–water partition coefficient (Wildman–Crippen LogP) is 7.29. The number of aromatic nitrogens is 8. The van der Waals surface area contributed by atoms with E-state index in [1.807, 2.05) is 70.2 Å². The minimum absolute atomic E-state index is 0.0163. The van der Waals surface area contributed by atoms with Gasteiger partial charge in [0.2, 0.25) is 0 Å². The molecule has 0 saturated carbocycles. The largest absolute Gasteiger partial charge is 0.506 e. The first-order valence-electron chi connectivity index (χ1n) is 17.0. The van der Waals surface area contributed by atoms with Crippen molar-refractivity contribution < 1.29 is 24.8 Å². The number of halogens is 1. The molecule has 0 amide bonds. The third-order valence-corrected chi connectivity index (χ3v) is 7.90. The van der Waals surface area contributed by atoms with E-state index in [9.17, 15) is 29.6 Å². The van der Waals surface area contributed by atoms with Gasteiger partial charge in [0.15, 0.2) is 0 Å². The van der Waals surface area contributed by atoms with E-state index in [1.165, 1.54) is 39.7 Å². The molecule has 8 aromatic rings. The minimum atomic E-state index is -0.393. The molecule has 0 unspecified atom stereocenters. The summed E-state index contributed by atoms with van der Waals surface area (Å²) in [5.74, 6) is 0.189. The quantitative estimate of drug-likeness (QED) is 0.125. The topological polar surface area (TPSA) is 172 Å². The van der Waals surface area contributed by atoms with E-state index in [0.29, 0.717) is 17.1 Å². The SMILES string of the molecule is Cc1cc(=O)n(-c2ccccc2O)[nH]1.Cc1cc(C)n(-c2cc(F)ccc2O)n1.Cc1cc(C)n(-c2ccccc2O)n1.Oc1ccccc1-n1cccn1. The first-order valence-corrected chi connectivity index (χ1v) is 17.0. The lowest BCUT2D eigenvalue weighted by molar-refractivity contribution is 0.467. The number of phenolic OH excluding ortho intramolecular Hbond substituents is 4. The number of phenols is 4. The first kappa shape index (κ1) is 38.9. The standard InChI is InChI=1S/C11H11FN2O.C11H12N2O.C10H10N2O2.C9H8N2O/c1-7-5-8(2)14(13-7)10-6-9(12)3-4-11(10)15;1-8-7-9(2)13(12-8)10-5-3-4-6-11(10)14;1-7-6-10(14)12(11-7)8-4-2-3-5-9(8)13;12-9-5-2-1-4-8(9)11-7-3-6-10-11/h3-6,15H,1-2H3;3-7,14H,1-2H3;2-6,11,13H,1H3;1-7,12H. The Morgan fingerprint density at radius 2 is 1.05 bits per heavy atom. The second-order valence-corrected chi connectivity index (χ2v) is 12.3. The fourth-order valence-corrected chi connectivity index (χ4v) is 5.47. The zero-order valence-corrected chi connectivity index (χ0v) is 30.8. The van der Waals surface area contributed by atoms with E-state index in [1.54, 1.807) is 71.1 Å². The van der Waals surface area contributed by atoms with Crippen LogP contribution in [0.15, 0.2) is 132 Å². The molecule has 0 aliphatic carbocycles. The third kappa shape index (κ3) is 9.75. The van der Waals surface area contributed by atoms with Crippen molar-refractivity contribution in [3.05, 3.63) is 172 Å². The molecule has 0 aliphatic heterocycles. The number of hydrogen-bond acceptors (Lipinski definition) is 8. The smallest absolute Gasteiger partial charge is 0.271 e. The number of aryl methyl sites for hydroxylation is 5. The summed E-state index contributed by atoms with van der Waals surface area (Å²) < 4.78 is 19.2. The molecule has 4 aromatic heterocycles. The van der Waals surface area contributed by atoms with Crippen molar-refractivity contribution in [1.29, 1.82) is 0 Å². The lowest BCUT2D eigenvalue weighted by Crippen LogP contribution is -2.13. The van der Waals surface area contributed by atoms with E-state index >= 15 is 0 Å². The molecule has 0 aliphatic rings. The van der Waals surface area contributed by atoms with Gasteiger partial charge in [-0.15, -0.1) is 0 Å². The summed E-state index contributed by atoms with van der Waals surface area (Å²) in [5, 5.41) is 53.5. The van der Waals surface area contributed by atoms with Crippen LogP contribution in [-0.4, -0.2) is 59.5 Å². The van der Waals surface area contributed by atoms with Crippen LogP contribution in [0.4, 0.5) is 4.39 Å². The molecular formula is C41H41FN8O5. The highest BCUT2D eigenvalue weighted by Gasteiger charge is 2.10. The van der Waals surface area contributed by atoms with Gasteiger partial charge in [-0.3, -0.25) is 9.89 Å². The van der Waals surface area contributed by atoms with Crippen LogP contribution in [0.3, 0.4) is 0 Å². The predicted molar refractivity (Wildman–Crippen MR) is 207 cm³/mol. The van der Waals surface area contributed by atoms with Crippen molar-refractivity contribution in [1.82, 2.24) is 39.1 Å². The highest BCUT2D eigenvalue weighted by atomic mass is 19.1. The van der Waals surface area contributed by atoms with Gasteiger partial charge in [-0.2, -0.15) is 15.3 Å². The summed E-state index contributed by atoms with van der Waals surface area (Å²) in [7, 11) is 0. The Hall–Kier alpha value is -7.35. The maximum atomic E-state index is 13.0. The van der Waals surface area contributed by atoms with Gasteiger partial charge in [-0.1, -0.05) is 36.4 Å². The van der Waals surface area contributed by atoms with E-state index in [4.69, 9.17) is 0 Å². The molecular weight excluding hydrogens is 704 g/mol. The lowest BCUT2D eigenvalue weighted by atomic mass is 10.3. The van der Waals surface area contributed by atoms with E-state index < -0.39 is 5.82 Å². The number of nitrogens with one attached hydrogen (secondary N) is 1. The number of H-pyrrole nitrogens is 1. The van der Waals surface area contributed by atoms with E-state index in [2.05, 4.69) is 20.4 Å². The summed E-state index contributed by atoms with van der Waals surface area (Å²) >= 11 is 0. The molecule has 4 heterocycles. The number of nitrogens with zero attached hydrogens (tertiary/aromatic N) is 7. The lowest BCUT2D eigenvalue weighted by Gasteiger charge is -2.06. The molecule has 14 heteroatoms. The van der Waals surface area contributed by atoms with Gasteiger partial charge in [0.1, 0.15) is 51.6 Å². The molecule has 0 fully saturated rings. The Labute approximate surface area is 316 Å². The van der Waals surface area contributed by atoms with Crippen LogP contribution in [0, 0.1) is 40.4 Å². The average molecular weight is 745 g/mol. The Bertz CT molecular complexity index is 2550. The molecule has 0 spiro atoms. The molecule has 5 N–H and O–H groups in total. The van der Waals surface area contributed by atoms with Gasteiger partial charge in [0.05, 0.1) is 11.4 Å². The number of para-hydroxylation sites is 6. The summed E-state index contributed by atoms with van der Waals surface area (Å²) in [6.45, 7) is 9.39. The summed E-state index contributed by atoms with van der Waals surface area (Å²) in [6.07, 6.45) is 3.46. The molecule has 0 bridgehead atoms. The van der Waals surface area contributed by atoms with E-state index in [-0.39, 0.29) is 28.6 Å². The number of aromatic hydroxyl groups is 4. The first-order chi connectivity index (χ1) is 26.3. The Morgan fingerprint density at radius 1 is 0.564 bits per heavy atom. The summed E-state index contributed by atoms with van der Waals surface area (Å²) in [6, 6.07) is 31.9. The van der Waals surface area contributed by atoms with Gasteiger partial charge in [-0.05, 0) is 101 Å². The van der Waals surface area contributed by atoms with Gasteiger partial charge in [0, 0.05) is 41.6 Å². The van der Waals surface area contributed by atoms with Crippen molar-refractivity contribution in [2.45, 2.75) is 34.6 Å². The zero-order valence-electron chi connectivity index (χ0n) is 30.8. The van der Waals surface area contributed by atoms with Crippen molar-refractivity contribution in [2.75, 3.05) is 0 Å². The molecule has 0 radical (unpaired) electrons. The summed E-state index contributed by atoms with van der Waals surface area (Å²) in [5.41, 5.74) is 6.48. The van der Waals surface area contributed by atoms with Crippen molar-refractivity contribution in [2.24, 2.45) is 0 Å². The summed E-state index contributed by atoms with van der Waals surface area (Å²) in [4.78, 5) is 11.4. The average Bonchev–Trinajstić information content (AvgIpc) is 3.95. The van der Waals surface area contributed by atoms with Crippen LogP contribution >= 0.6 is 0 Å². The van der Waals surface area contributed by atoms with Crippen LogP contribution in [0.5, 0.6) is 23.0 Å². The number of hydrogen-bond donors (Lipinski definition) is 5. The molecule has 55 heavy (non-hydrogen) atoms. The second-order valence-electron chi connectivity index (χ2n) is 12.3. The van der Waals surface area contributed by atoms with Crippen LogP contribution in [0.1, 0.15) is 28.5 Å². The zero-order chi connectivity index (χ0) is 39.6. The fourth-order valence-electron chi connectivity index (χ4n) is 5.47. The Balaban J connectivity index is 0.000000141. The molecule has 13 nitrogen and oxygen atoms in total. The maximum Gasteiger partial charge on any atom is 0.271 e. The molecule has 282 valence electrons. The number of aromatic amines is 1. The number of benzene rings is 4. The second kappa shape index (κ2) is 17.4. The highest BCUT2D eigenvalue weighted by molar-refractivity contribution is 5.48. The van der Waals surface area contributed by atoms with Crippen LogP contribution in [-0.2, 0) is 0 Å². The Morgan fingerprint density at radius 3 is 1.51 bits per heavy atom. The van der Waals surface area contributed by atoms with Crippen molar-refractivity contribution in [3.63, 3.8) is 0 Å². The fraction of sp³-hybridized carbons (Fsp3) is 0.122. The molecule has 8 rings (SSSR count). The molecule has 0 atom stereocenters. The maximum absolute atomic E-state index is 13.0. The Kier molecular flexibility index (Phi) is 12.3. The van der Waals surface area contributed by atoms with Crippen molar-refractivity contribution in [3.8, 4) is 45.7 Å². The van der Waals surface area contributed by atoms with Gasteiger partial charge >= 0.3 is 0 Å². The van der Waals surface area contributed by atoms with Crippen LogP contribution < -0.4 is 5.56 Å². The van der Waals surface area contributed by atoms with E-state index in [0.717, 1.165) is 34.2 Å². The van der Waals surface area contributed by atoms with Crippen LogP contribution in [0.2, 0.25) is 0 Å². The highest BCUT2D eigenvalue weighted by Crippen LogP contribution is 2.24. The minimum Gasteiger partial charge on any atom is -0.506 e. The van der Waals surface area contributed by atoms with Gasteiger partial charge in [0.25, 0.3) is 5.56 Å². The van der Waals surface area contributed by atoms with Crippen molar-refractivity contribution >= 4 is 0 Å². The normalized spacial score (nSPS) is 10.4. The van der Waals surface area contributed by atoms with Gasteiger partial charge in [-0.25, -0.2) is 23.1 Å².